The van der Waals surface area contributed by atoms with Crippen LogP contribution >= 0.6 is 11.3 Å². The molecule has 204 valence electrons. The van der Waals surface area contributed by atoms with E-state index < -0.39 is 12.0 Å². The summed E-state index contributed by atoms with van der Waals surface area (Å²) < 4.78 is 29.3. The second-order valence-corrected chi connectivity index (χ2v) is 9.43. The van der Waals surface area contributed by atoms with Gasteiger partial charge in [0.1, 0.15) is 18.1 Å². The van der Waals surface area contributed by atoms with Gasteiger partial charge in [0, 0.05) is 11.6 Å². The molecule has 10 heteroatoms. The van der Waals surface area contributed by atoms with Crippen molar-refractivity contribution < 1.29 is 28.5 Å². The van der Waals surface area contributed by atoms with Crippen LogP contribution in [0.1, 0.15) is 31.0 Å². The second-order valence-electron chi connectivity index (χ2n) is 8.42. The molecule has 1 aliphatic rings. The van der Waals surface area contributed by atoms with Crippen LogP contribution in [0.25, 0.3) is 6.08 Å². The third-order valence-corrected chi connectivity index (χ3v) is 7.09. The number of aromatic nitrogens is 1. The fourth-order valence-electron chi connectivity index (χ4n) is 4.32. The van der Waals surface area contributed by atoms with Crippen molar-refractivity contribution in [2.24, 2.45) is 4.99 Å². The van der Waals surface area contributed by atoms with Crippen molar-refractivity contribution >= 4 is 23.4 Å². The zero-order valence-corrected chi connectivity index (χ0v) is 23.3. The van der Waals surface area contributed by atoms with Gasteiger partial charge in [-0.15, -0.1) is 0 Å². The van der Waals surface area contributed by atoms with Crippen molar-refractivity contribution in [2.75, 3.05) is 34.5 Å². The minimum atomic E-state index is -0.733. The molecule has 1 aliphatic heterocycles. The van der Waals surface area contributed by atoms with Gasteiger partial charge in [-0.05, 0) is 43.7 Å². The lowest BCUT2D eigenvalue weighted by Gasteiger charge is -2.24. The molecule has 39 heavy (non-hydrogen) atoms. The lowest BCUT2D eigenvalue weighted by Crippen LogP contribution is -2.39. The van der Waals surface area contributed by atoms with E-state index >= 15 is 0 Å². The monoisotopic (exact) mass is 550 g/mol. The van der Waals surface area contributed by atoms with E-state index in [0.717, 1.165) is 5.56 Å². The summed E-state index contributed by atoms with van der Waals surface area (Å²) in [5, 5.41) is 0. The highest BCUT2D eigenvalue weighted by Crippen LogP contribution is 2.35. The van der Waals surface area contributed by atoms with E-state index in [2.05, 4.69) is 11.6 Å². The van der Waals surface area contributed by atoms with Gasteiger partial charge >= 0.3 is 5.97 Å². The summed E-state index contributed by atoms with van der Waals surface area (Å²) in [5.41, 5.74) is 1.83. The molecular weight excluding hydrogens is 520 g/mol. The van der Waals surface area contributed by atoms with Crippen LogP contribution in [-0.2, 0) is 9.53 Å². The summed E-state index contributed by atoms with van der Waals surface area (Å²) in [6.45, 7) is 7.70. The Labute approximate surface area is 229 Å². The van der Waals surface area contributed by atoms with Crippen molar-refractivity contribution in [3.63, 3.8) is 0 Å². The van der Waals surface area contributed by atoms with Gasteiger partial charge in [0.05, 0.1) is 49.8 Å². The molecule has 4 rings (SSSR count). The highest BCUT2D eigenvalue weighted by atomic mass is 32.1. The zero-order chi connectivity index (χ0) is 28.1. The summed E-state index contributed by atoms with van der Waals surface area (Å²) in [6, 6.07) is 9.95. The molecule has 2 aromatic carbocycles. The number of methoxy groups -OCH3 is 3. The molecule has 0 saturated heterocycles. The van der Waals surface area contributed by atoms with Crippen molar-refractivity contribution in [3.8, 4) is 23.0 Å². The number of ether oxygens (including phenoxy) is 5. The maximum atomic E-state index is 13.9. The fourth-order valence-corrected chi connectivity index (χ4v) is 5.35. The topological polar surface area (TPSA) is 97.6 Å². The summed E-state index contributed by atoms with van der Waals surface area (Å²) in [5.74, 6) is 1.63. The standard InChI is InChI=1S/C29H30N2O7S/c1-7-13-38-20-11-9-18(10-12-20)26-25(28(33)37-8-2)17(3)30-29-31(26)27(32)24(39-29)15-19-14-22(35-5)23(36-6)16-21(19)34-4/h7,9-12,14-16,26H,1,8,13H2,2-6H3. The first-order valence-electron chi connectivity index (χ1n) is 12.2. The van der Waals surface area contributed by atoms with E-state index in [4.69, 9.17) is 23.7 Å². The normalized spacial score (nSPS) is 14.8. The molecule has 1 atom stereocenters. The Bertz CT molecular complexity index is 1600. The van der Waals surface area contributed by atoms with Crippen LogP contribution in [0.3, 0.4) is 0 Å². The number of thiazole rings is 1. The minimum absolute atomic E-state index is 0.195. The summed E-state index contributed by atoms with van der Waals surface area (Å²) in [7, 11) is 4.61. The smallest absolute Gasteiger partial charge is 0.338 e. The van der Waals surface area contributed by atoms with Crippen LogP contribution in [0, 0.1) is 0 Å². The maximum absolute atomic E-state index is 13.9. The Hall–Kier alpha value is -4.31. The van der Waals surface area contributed by atoms with E-state index in [1.54, 1.807) is 50.3 Å². The number of hydrogen-bond donors (Lipinski definition) is 0. The van der Waals surface area contributed by atoms with E-state index in [0.29, 0.717) is 55.8 Å². The van der Waals surface area contributed by atoms with Gasteiger partial charge in [0.15, 0.2) is 16.3 Å². The summed E-state index contributed by atoms with van der Waals surface area (Å²) in [6.07, 6.45) is 3.38. The number of benzene rings is 2. The molecular formula is C29H30N2O7S. The Morgan fingerprint density at radius 3 is 2.36 bits per heavy atom. The Morgan fingerprint density at radius 2 is 1.74 bits per heavy atom. The maximum Gasteiger partial charge on any atom is 0.338 e. The average molecular weight is 551 g/mol. The largest absolute Gasteiger partial charge is 0.496 e. The number of nitrogens with zero attached hydrogens (tertiary/aromatic N) is 2. The lowest BCUT2D eigenvalue weighted by atomic mass is 9.96. The number of allylic oxidation sites excluding steroid dienone is 1. The number of fused-ring (bicyclic) bond motifs is 1. The van der Waals surface area contributed by atoms with Crippen molar-refractivity contribution in [2.45, 2.75) is 19.9 Å². The highest BCUT2D eigenvalue weighted by Gasteiger charge is 2.33. The van der Waals surface area contributed by atoms with Crippen LogP contribution in [0.4, 0.5) is 0 Å². The number of rotatable bonds is 10. The molecule has 0 spiro atoms. The van der Waals surface area contributed by atoms with Crippen LogP contribution in [0.15, 0.2) is 70.1 Å². The molecule has 0 N–H and O–H groups in total. The molecule has 3 aromatic rings. The summed E-state index contributed by atoms with van der Waals surface area (Å²) in [4.78, 5) is 32.1. The molecule has 0 fully saturated rings. The molecule has 0 radical (unpaired) electrons. The Balaban J connectivity index is 1.92. The molecule has 0 bridgehead atoms. The van der Waals surface area contributed by atoms with E-state index in [1.165, 1.54) is 37.2 Å². The third-order valence-electron chi connectivity index (χ3n) is 6.10. The van der Waals surface area contributed by atoms with Crippen molar-refractivity contribution in [1.82, 2.24) is 4.57 Å². The van der Waals surface area contributed by atoms with E-state index in [1.807, 2.05) is 12.1 Å². The van der Waals surface area contributed by atoms with Crippen LogP contribution in [0.2, 0.25) is 0 Å². The molecule has 0 saturated carbocycles. The molecule has 0 aliphatic carbocycles. The van der Waals surface area contributed by atoms with E-state index in [-0.39, 0.29) is 12.2 Å². The molecule has 1 unspecified atom stereocenters. The van der Waals surface area contributed by atoms with Gasteiger partial charge in [0.25, 0.3) is 5.56 Å². The van der Waals surface area contributed by atoms with Gasteiger partial charge < -0.3 is 23.7 Å². The molecule has 1 aromatic heterocycles. The number of hydrogen-bond acceptors (Lipinski definition) is 9. The highest BCUT2D eigenvalue weighted by molar-refractivity contribution is 7.07. The Kier molecular flexibility index (Phi) is 8.55. The average Bonchev–Trinajstić information content (AvgIpc) is 3.25. The second kappa shape index (κ2) is 12.0. The molecule has 0 amide bonds. The third kappa shape index (κ3) is 5.46. The van der Waals surface area contributed by atoms with Gasteiger partial charge in [-0.25, -0.2) is 9.79 Å². The molecule has 2 heterocycles. The van der Waals surface area contributed by atoms with Crippen molar-refractivity contribution in [1.29, 1.82) is 0 Å². The first kappa shape index (κ1) is 27.7. The van der Waals surface area contributed by atoms with Gasteiger partial charge in [-0.2, -0.15) is 0 Å². The van der Waals surface area contributed by atoms with Crippen molar-refractivity contribution in [3.05, 3.63) is 91.1 Å². The predicted molar refractivity (Wildman–Crippen MR) is 149 cm³/mol. The van der Waals surface area contributed by atoms with Crippen LogP contribution < -0.4 is 33.8 Å². The minimum Gasteiger partial charge on any atom is -0.496 e. The summed E-state index contributed by atoms with van der Waals surface area (Å²) >= 11 is 1.22. The first-order valence-corrected chi connectivity index (χ1v) is 13.0. The zero-order valence-electron chi connectivity index (χ0n) is 22.5. The number of carbonyl (C=O) groups excluding carboxylic acids is 1. The first-order chi connectivity index (χ1) is 18.9. The van der Waals surface area contributed by atoms with Gasteiger partial charge in [0.2, 0.25) is 0 Å². The quantitative estimate of drug-likeness (QED) is 0.282. The number of carbonyl (C=O) groups is 1. The fraction of sp³-hybridized carbons (Fsp3) is 0.276. The van der Waals surface area contributed by atoms with E-state index in [9.17, 15) is 9.59 Å². The lowest BCUT2D eigenvalue weighted by molar-refractivity contribution is -0.139. The Morgan fingerprint density at radius 1 is 1.08 bits per heavy atom. The van der Waals surface area contributed by atoms with Crippen LogP contribution in [0.5, 0.6) is 23.0 Å². The number of esters is 1. The van der Waals surface area contributed by atoms with Gasteiger partial charge in [-0.1, -0.05) is 36.1 Å². The van der Waals surface area contributed by atoms with Crippen LogP contribution in [-0.4, -0.2) is 45.1 Å². The predicted octanol–water partition coefficient (Wildman–Crippen LogP) is 3.39. The SMILES string of the molecule is C=CCOc1ccc(C2C(C(=O)OCC)=C(C)N=c3sc(=Cc4cc(OC)c(OC)cc4OC)c(=O)n32)cc1. The van der Waals surface area contributed by atoms with Gasteiger partial charge in [-0.3, -0.25) is 9.36 Å². The molecule has 9 nitrogen and oxygen atoms in total.